The second-order valence-electron chi connectivity index (χ2n) is 4.41. The Morgan fingerprint density at radius 3 is 1.38 bits per heavy atom. The van der Waals surface area contributed by atoms with Gasteiger partial charge in [-0.05, 0) is 35.5 Å². The molecule has 0 fully saturated rings. The van der Waals surface area contributed by atoms with Gasteiger partial charge < -0.3 is 0 Å². The molecule has 0 saturated carbocycles. The highest BCUT2D eigenvalue weighted by Gasteiger charge is 1.95. The zero-order chi connectivity index (χ0) is 15.2. The van der Waals surface area contributed by atoms with Gasteiger partial charge in [0.05, 0.1) is 0 Å². The summed E-state index contributed by atoms with van der Waals surface area (Å²) in [6.45, 7) is 4.00. The van der Waals surface area contributed by atoms with Gasteiger partial charge in [-0.2, -0.15) is 23.5 Å². The van der Waals surface area contributed by atoms with Crippen LogP contribution >= 0.6 is 23.5 Å². The number of thioether (sulfide) groups is 2. The summed E-state index contributed by atoms with van der Waals surface area (Å²) in [5.74, 6) is 2.45. The van der Waals surface area contributed by atoms with Crippen molar-refractivity contribution in [2.24, 2.45) is 0 Å². The summed E-state index contributed by atoms with van der Waals surface area (Å²) in [5.41, 5.74) is 2.90. The van der Waals surface area contributed by atoms with Gasteiger partial charge in [0.25, 0.3) is 0 Å². The molecule has 0 spiro atoms. The van der Waals surface area contributed by atoms with E-state index < -0.39 is 0 Å². The van der Waals surface area contributed by atoms with Crippen molar-refractivity contribution in [3.8, 4) is 0 Å². The number of aryl methyl sites for hydroxylation is 2. The highest BCUT2D eigenvalue weighted by Crippen LogP contribution is 2.15. The predicted molar refractivity (Wildman–Crippen MR) is 101 cm³/mol. The molecule has 21 heavy (non-hydrogen) atoms. The van der Waals surface area contributed by atoms with Crippen molar-refractivity contribution in [3.63, 3.8) is 0 Å². The lowest BCUT2D eigenvalue weighted by atomic mass is 10.2. The van der Waals surface area contributed by atoms with Crippen LogP contribution in [-0.2, 0) is 12.8 Å². The molecule has 0 aromatic heterocycles. The third kappa shape index (κ3) is 8.90. The average molecular weight is 319 g/mol. The summed E-state index contributed by atoms with van der Waals surface area (Å²) in [7, 11) is 0. The first-order chi connectivity index (χ1) is 10.4. The largest absolute Gasteiger partial charge is 0.151 e. The second-order valence-corrected chi connectivity index (χ2v) is 6.98. The Labute approximate surface area is 138 Å². The van der Waals surface area contributed by atoms with Crippen molar-refractivity contribution in [2.45, 2.75) is 26.7 Å². The summed E-state index contributed by atoms with van der Waals surface area (Å²) in [5, 5.41) is 1.21. The molecule has 0 radical (unpaired) electrons. The zero-order valence-electron chi connectivity index (χ0n) is 13.1. The maximum atomic E-state index is 2.21. The van der Waals surface area contributed by atoms with Crippen LogP contribution in [0.25, 0.3) is 0 Å². The van der Waals surface area contributed by atoms with Gasteiger partial charge in [0.2, 0.25) is 0 Å². The van der Waals surface area contributed by atoms with E-state index in [4.69, 9.17) is 0 Å². The van der Waals surface area contributed by atoms with E-state index in [1.54, 1.807) is 0 Å². The van der Waals surface area contributed by atoms with Crippen molar-refractivity contribution < 1.29 is 0 Å². The van der Waals surface area contributed by atoms with E-state index in [2.05, 4.69) is 60.7 Å². The van der Waals surface area contributed by atoms with Gasteiger partial charge in [-0.25, -0.2) is 0 Å². The van der Waals surface area contributed by atoms with Crippen LogP contribution in [0.15, 0.2) is 60.7 Å². The van der Waals surface area contributed by atoms with E-state index in [1.807, 2.05) is 37.4 Å². The number of hydrogen-bond acceptors (Lipinski definition) is 2. The first-order valence-corrected chi connectivity index (χ1v) is 9.99. The Morgan fingerprint density at radius 1 is 0.619 bits per heavy atom. The first kappa shape index (κ1) is 18.2. The average Bonchev–Trinajstić information content (AvgIpc) is 2.58. The van der Waals surface area contributed by atoms with Crippen LogP contribution in [-0.4, -0.2) is 16.6 Å². The van der Waals surface area contributed by atoms with Gasteiger partial charge in [-0.15, -0.1) is 0 Å². The number of rotatable bonds is 8. The summed E-state index contributed by atoms with van der Waals surface area (Å²) in [4.78, 5) is 0. The quantitative estimate of drug-likeness (QED) is 0.437. The normalized spacial score (nSPS) is 9.81. The minimum Gasteiger partial charge on any atom is -0.151 e. The summed E-state index contributed by atoms with van der Waals surface area (Å²) < 4.78 is 0. The summed E-state index contributed by atoms with van der Waals surface area (Å²) in [6, 6.07) is 21.5. The van der Waals surface area contributed by atoms with Crippen LogP contribution in [0.4, 0.5) is 0 Å². The van der Waals surface area contributed by atoms with Crippen molar-refractivity contribution in [2.75, 3.05) is 16.6 Å². The highest BCUT2D eigenvalue weighted by molar-refractivity contribution is 8.15. The molecule has 114 valence electrons. The molecule has 0 aliphatic carbocycles. The molecule has 0 aliphatic heterocycles. The van der Waals surface area contributed by atoms with E-state index in [1.165, 1.54) is 40.6 Å². The molecule has 0 nitrogen and oxygen atoms in total. The van der Waals surface area contributed by atoms with E-state index >= 15 is 0 Å². The van der Waals surface area contributed by atoms with Crippen LogP contribution in [0, 0.1) is 0 Å². The topological polar surface area (TPSA) is 0 Å². The van der Waals surface area contributed by atoms with Gasteiger partial charge >= 0.3 is 0 Å². The van der Waals surface area contributed by atoms with Gasteiger partial charge in [0.1, 0.15) is 0 Å². The van der Waals surface area contributed by atoms with Gasteiger partial charge in [-0.1, -0.05) is 74.5 Å². The molecule has 2 rings (SSSR count). The van der Waals surface area contributed by atoms with Gasteiger partial charge in [0.15, 0.2) is 0 Å². The van der Waals surface area contributed by atoms with Crippen LogP contribution in [0.5, 0.6) is 0 Å². The molecule has 0 aliphatic rings. The monoisotopic (exact) mass is 318 g/mol. The molecular weight excluding hydrogens is 292 g/mol. The predicted octanol–water partition coefficient (Wildman–Crippen LogP) is 5.92. The molecule has 0 N–H and O–H groups in total. The molecule has 0 amide bonds. The highest BCUT2D eigenvalue weighted by atomic mass is 32.2. The molecule has 0 bridgehead atoms. The lowest BCUT2D eigenvalue weighted by Gasteiger charge is -2.03. The van der Waals surface area contributed by atoms with E-state index in [-0.39, 0.29) is 0 Å². The maximum absolute atomic E-state index is 2.21. The summed E-state index contributed by atoms with van der Waals surface area (Å²) in [6.07, 6.45) is 2.37. The third-order valence-electron chi connectivity index (χ3n) is 2.92. The van der Waals surface area contributed by atoms with E-state index in [0.717, 1.165) is 0 Å². The van der Waals surface area contributed by atoms with Gasteiger partial charge in [-0.3, -0.25) is 0 Å². The van der Waals surface area contributed by atoms with Crippen LogP contribution in [0.1, 0.15) is 25.0 Å². The van der Waals surface area contributed by atoms with Crippen molar-refractivity contribution in [3.05, 3.63) is 71.8 Å². The maximum Gasteiger partial charge on any atom is 0.0392 e. The molecule has 0 saturated heterocycles. The first-order valence-electron chi connectivity index (χ1n) is 7.68. The molecule has 0 heterocycles. The lowest BCUT2D eigenvalue weighted by molar-refractivity contribution is 1.15. The minimum atomic E-state index is 1.19. The fraction of sp³-hybridized carbons (Fsp3) is 0.368. The van der Waals surface area contributed by atoms with Crippen molar-refractivity contribution >= 4 is 23.5 Å². The fourth-order valence-electron chi connectivity index (χ4n) is 1.85. The van der Waals surface area contributed by atoms with Crippen LogP contribution in [0.3, 0.4) is 0 Å². The van der Waals surface area contributed by atoms with Crippen LogP contribution < -0.4 is 0 Å². The second kappa shape index (κ2) is 12.8. The van der Waals surface area contributed by atoms with Crippen LogP contribution in [0.2, 0.25) is 0 Å². The Hall–Kier alpha value is -0.860. The lowest BCUT2D eigenvalue weighted by Crippen LogP contribution is -1.90. The molecule has 2 heteroatoms. The Balaban J connectivity index is 0.00000106. The molecule has 2 aromatic carbocycles. The fourth-order valence-corrected chi connectivity index (χ4v) is 4.02. The standard InChI is InChI=1S/C17H20S2.C2H6/c1-3-7-16(8-4-1)11-13-18-15-19-14-12-17-9-5-2-6-10-17;1-2/h1-10H,11-15H2;1-2H3. The molecule has 2 aromatic rings. The smallest absolute Gasteiger partial charge is 0.0392 e. The van der Waals surface area contributed by atoms with Gasteiger partial charge in [0, 0.05) is 5.08 Å². The Kier molecular flexibility index (Phi) is 11.1. The minimum absolute atomic E-state index is 1.19. The number of hydrogen-bond donors (Lipinski definition) is 0. The molecule has 0 unspecified atom stereocenters. The van der Waals surface area contributed by atoms with Crippen molar-refractivity contribution in [1.82, 2.24) is 0 Å². The van der Waals surface area contributed by atoms with E-state index in [9.17, 15) is 0 Å². The third-order valence-corrected chi connectivity index (χ3v) is 5.24. The van der Waals surface area contributed by atoms with Crippen molar-refractivity contribution in [1.29, 1.82) is 0 Å². The van der Waals surface area contributed by atoms with E-state index in [0.29, 0.717) is 0 Å². The Morgan fingerprint density at radius 2 is 1.00 bits per heavy atom. The Bertz CT molecular complexity index is 396. The molecular formula is C19H26S2. The zero-order valence-corrected chi connectivity index (χ0v) is 14.8. The molecule has 0 atom stereocenters. The number of benzene rings is 2. The summed E-state index contributed by atoms with van der Waals surface area (Å²) >= 11 is 4.09. The SMILES string of the molecule is CC.c1ccc(CCSCSCCc2ccccc2)cc1.